The normalized spacial score (nSPS) is 10.9. The molecule has 128 valence electrons. The summed E-state index contributed by atoms with van der Waals surface area (Å²) in [5, 5.41) is 0. The Balaban J connectivity index is 2.20. The molecule has 0 spiro atoms. The topological polar surface area (TPSA) is 46.5 Å². The fourth-order valence-corrected chi connectivity index (χ4v) is 3.13. The molecule has 0 aliphatic rings. The minimum absolute atomic E-state index is 0.366. The smallest absolute Gasteiger partial charge is 0.229 e. The van der Waals surface area contributed by atoms with Crippen LogP contribution in [0.2, 0.25) is 0 Å². The molecule has 0 fully saturated rings. The molecule has 0 aromatic heterocycles. The lowest BCUT2D eigenvalue weighted by Gasteiger charge is -2.12. The SMILES string of the molecule is C=Cc1ccc(-c2cccc(O[P+](=O)O)c2-c2ccc(C=C)cc2)cc1. The average Bonchev–Trinajstić information content (AvgIpc) is 2.67. The first-order chi connectivity index (χ1) is 12.6. The van der Waals surface area contributed by atoms with Gasteiger partial charge in [-0.2, -0.15) is 0 Å². The van der Waals surface area contributed by atoms with Crippen LogP contribution in [0.1, 0.15) is 11.1 Å². The Morgan fingerprint density at radius 3 is 1.85 bits per heavy atom. The van der Waals surface area contributed by atoms with Gasteiger partial charge in [-0.1, -0.05) is 86.0 Å². The zero-order chi connectivity index (χ0) is 18.5. The molecule has 0 saturated carbocycles. The van der Waals surface area contributed by atoms with Gasteiger partial charge >= 0.3 is 8.25 Å². The lowest BCUT2D eigenvalue weighted by molar-refractivity contribution is 0.411. The Morgan fingerprint density at radius 2 is 1.35 bits per heavy atom. The van der Waals surface area contributed by atoms with Gasteiger partial charge in [-0.25, -0.2) is 4.52 Å². The summed E-state index contributed by atoms with van der Waals surface area (Å²) in [6, 6.07) is 21.2. The van der Waals surface area contributed by atoms with Gasteiger partial charge in [0.25, 0.3) is 0 Å². The van der Waals surface area contributed by atoms with Crippen molar-refractivity contribution in [2.24, 2.45) is 0 Å². The minimum atomic E-state index is -2.76. The molecule has 0 bridgehead atoms. The average molecular weight is 361 g/mol. The van der Waals surface area contributed by atoms with Crippen molar-refractivity contribution in [3.63, 3.8) is 0 Å². The number of benzene rings is 3. The maximum atomic E-state index is 11.3. The number of rotatable bonds is 6. The van der Waals surface area contributed by atoms with Gasteiger partial charge < -0.3 is 0 Å². The van der Waals surface area contributed by atoms with Gasteiger partial charge in [0, 0.05) is 10.1 Å². The van der Waals surface area contributed by atoms with Crippen LogP contribution in [-0.4, -0.2) is 4.89 Å². The van der Waals surface area contributed by atoms with Gasteiger partial charge in [0.2, 0.25) is 0 Å². The predicted octanol–water partition coefficient (Wildman–Crippen LogP) is 6.34. The molecular formula is C22H18O3P+. The highest BCUT2D eigenvalue weighted by atomic mass is 31.1. The molecule has 1 N–H and O–H groups in total. The monoisotopic (exact) mass is 361 g/mol. The van der Waals surface area contributed by atoms with E-state index >= 15 is 0 Å². The summed E-state index contributed by atoms with van der Waals surface area (Å²) in [6.07, 6.45) is 3.56. The molecule has 3 aromatic carbocycles. The molecule has 26 heavy (non-hydrogen) atoms. The standard InChI is InChI=1S/C22H17O3P/c1-3-16-8-12-18(13-9-16)20-6-5-7-21(25-26(23)24)22(20)19-14-10-17(4-2)11-15-19/h3-15H,1-2H2/p+1. The van der Waals surface area contributed by atoms with E-state index in [-0.39, 0.29) is 0 Å². The van der Waals surface area contributed by atoms with Crippen LogP contribution in [-0.2, 0) is 4.57 Å². The Labute approximate surface area is 153 Å². The quantitative estimate of drug-likeness (QED) is 0.522. The molecule has 0 amide bonds. The third-order valence-corrected chi connectivity index (χ3v) is 4.45. The molecule has 3 nitrogen and oxygen atoms in total. The molecule has 3 aromatic rings. The molecule has 0 aliphatic carbocycles. The Bertz CT molecular complexity index is 958. The summed E-state index contributed by atoms with van der Waals surface area (Å²) in [5.74, 6) is 0.366. The Hall–Kier alpha value is -3.00. The van der Waals surface area contributed by atoms with E-state index in [1.807, 2.05) is 60.7 Å². The van der Waals surface area contributed by atoms with E-state index in [1.54, 1.807) is 18.2 Å². The molecule has 1 unspecified atom stereocenters. The maximum Gasteiger partial charge on any atom is 0.747 e. The van der Waals surface area contributed by atoms with Crippen molar-refractivity contribution in [1.29, 1.82) is 0 Å². The fourth-order valence-electron chi connectivity index (χ4n) is 2.81. The first-order valence-corrected chi connectivity index (χ1v) is 9.18. The van der Waals surface area contributed by atoms with Crippen molar-refractivity contribution in [2.45, 2.75) is 0 Å². The van der Waals surface area contributed by atoms with E-state index in [1.165, 1.54) is 0 Å². The first-order valence-electron chi connectivity index (χ1n) is 8.05. The summed E-state index contributed by atoms with van der Waals surface area (Å²) in [7, 11) is -2.76. The van der Waals surface area contributed by atoms with Crippen LogP contribution in [0.3, 0.4) is 0 Å². The maximum absolute atomic E-state index is 11.3. The van der Waals surface area contributed by atoms with Crippen LogP contribution < -0.4 is 4.52 Å². The van der Waals surface area contributed by atoms with Crippen molar-refractivity contribution >= 4 is 20.4 Å². The highest BCUT2D eigenvalue weighted by Crippen LogP contribution is 2.41. The molecular weight excluding hydrogens is 343 g/mol. The van der Waals surface area contributed by atoms with Crippen molar-refractivity contribution in [3.05, 3.63) is 91.0 Å². The summed E-state index contributed by atoms with van der Waals surface area (Å²) in [6.45, 7) is 7.54. The lowest BCUT2D eigenvalue weighted by atomic mass is 9.93. The zero-order valence-electron chi connectivity index (χ0n) is 14.1. The van der Waals surface area contributed by atoms with E-state index in [4.69, 9.17) is 4.52 Å². The molecule has 0 saturated heterocycles. The van der Waals surface area contributed by atoms with Crippen LogP contribution in [0, 0.1) is 0 Å². The summed E-state index contributed by atoms with van der Waals surface area (Å²) >= 11 is 0. The summed E-state index contributed by atoms with van der Waals surface area (Å²) in [4.78, 5) is 9.25. The largest absolute Gasteiger partial charge is 0.747 e. The van der Waals surface area contributed by atoms with Gasteiger partial charge in [0.05, 0.1) is 0 Å². The molecule has 0 aliphatic heterocycles. The van der Waals surface area contributed by atoms with Gasteiger partial charge in [-0.05, 0) is 33.9 Å². The van der Waals surface area contributed by atoms with Gasteiger partial charge in [0.1, 0.15) is 0 Å². The van der Waals surface area contributed by atoms with Crippen molar-refractivity contribution < 1.29 is 14.0 Å². The van der Waals surface area contributed by atoms with Crippen molar-refractivity contribution in [1.82, 2.24) is 0 Å². The van der Waals surface area contributed by atoms with Gasteiger partial charge in [-0.3, -0.25) is 0 Å². The van der Waals surface area contributed by atoms with E-state index in [0.29, 0.717) is 5.75 Å². The van der Waals surface area contributed by atoms with Crippen LogP contribution in [0.4, 0.5) is 0 Å². The number of hydrogen-bond donors (Lipinski definition) is 1. The predicted molar refractivity (Wildman–Crippen MR) is 108 cm³/mol. The second kappa shape index (κ2) is 7.92. The highest BCUT2D eigenvalue weighted by molar-refractivity contribution is 7.32. The van der Waals surface area contributed by atoms with E-state index in [0.717, 1.165) is 33.4 Å². The molecule has 3 rings (SSSR count). The third kappa shape index (κ3) is 3.80. The minimum Gasteiger partial charge on any atom is -0.229 e. The zero-order valence-corrected chi connectivity index (χ0v) is 15.0. The van der Waals surface area contributed by atoms with Gasteiger partial charge in [0.15, 0.2) is 5.75 Å². The summed E-state index contributed by atoms with van der Waals surface area (Å²) in [5.41, 5.74) is 5.59. The molecule has 0 radical (unpaired) electrons. The highest BCUT2D eigenvalue weighted by Gasteiger charge is 2.21. The van der Waals surface area contributed by atoms with E-state index in [2.05, 4.69) is 13.2 Å². The van der Waals surface area contributed by atoms with Crippen LogP contribution >= 0.6 is 8.25 Å². The number of hydrogen-bond acceptors (Lipinski definition) is 2. The molecule has 1 atom stereocenters. The molecule has 4 heteroatoms. The van der Waals surface area contributed by atoms with E-state index in [9.17, 15) is 9.46 Å². The Kier molecular flexibility index (Phi) is 5.43. The van der Waals surface area contributed by atoms with Gasteiger partial charge in [-0.15, -0.1) is 4.89 Å². The van der Waals surface area contributed by atoms with Crippen molar-refractivity contribution in [2.75, 3.05) is 0 Å². The Morgan fingerprint density at radius 1 is 0.808 bits per heavy atom. The van der Waals surface area contributed by atoms with Crippen molar-refractivity contribution in [3.8, 4) is 28.0 Å². The molecule has 0 heterocycles. The third-order valence-electron chi connectivity index (χ3n) is 4.10. The second-order valence-corrected chi connectivity index (χ2v) is 6.32. The van der Waals surface area contributed by atoms with Crippen LogP contribution in [0.5, 0.6) is 5.75 Å². The van der Waals surface area contributed by atoms with Crippen LogP contribution in [0.15, 0.2) is 79.9 Å². The van der Waals surface area contributed by atoms with Crippen LogP contribution in [0.25, 0.3) is 34.4 Å². The lowest BCUT2D eigenvalue weighted by Crippen LogP contribution is -1.91. The fraction of sp³-hybridized carbons (Fsp3) is 0. The van der Waals surface area contributed by atoms with E-state index < -0.39 is 8.25 Å². The summed E-state index contributed by atoms with van der Waals surface area (Å²) < 4.78 is 16.5. The second-order valence-electron chi connectivity index (χ2n) is 5.66. The first kappa shape index (κ1) is 17.8.